The molecular weight excluding hydrogens is 274 g/mol. The maximum Gasteiger partial charge on any atom is 0.124 e. The van der Waals surface area contributed by atoms with Gasteiger partial charge in [-0.25, -0.2) is 0 Å². The van der Waals surface area contributed by atoms with E-state index in [4.69, 9.17) is 0 Å². The van der Waals surface area contributed by atoms with Crippen molar-refractivity contribution in [3.8, 4) is 5.75 Å². The molecule has 0 radical (unpaired) electrons. The van der Waals surface area contributed by atoms with Gasteiger partial charge in [0.2, 0.25) is 0 Å². The van der Waals surface area contributed by atoms with Crippen LogP contribution in [-0.4, -0.2) is 42.5 Å². The number of aromatic hydroxyl groups is 1. The summed E-state index contributed by atoms with van der Waals surface area (Å²) >= 11 is 0. The Balaban J connectivity index is 1.51. The summed E-state index contributed by atoms with van der Waals surface area (Å²) in [6.45, 7) is 5.16. The normalized spacial score (nSPS) is 16.3. The number of hydrogen-bond acceptors (Lipinski definition) is 3. The van der Waals surface area contributed by atoms with Gasteiger partial charge in [0.05, 0.1) is 32.4 Å². The van der Waals surface area contributed by atoms with Gasteiger partial charge in [-0.1, -0.05) is 42.5 Å². The van der Waals surface area contributed by atoms with Crippen molar-refractivity contribution in [3.05, 3.63) is 65.7 Å². The molecule has 0 amide bonds. The van der Waals surface area contributed by atoms with E-state index in [1.165, 1.54) is 5.56 Å². The standard InChI is InChI=1S/C18H21N3O/c22-18-9-5-4-8-17(18)14-19-21-12-10-20(11-13-21)15-16-6-2-1-3-7-16/h1-9,14,22H,10-13,15H2/p+1/b19-14+. The van der Waals surface area contributed by atoms with Crippen molar-refractivity contribution in [2.75, 3.05) is 26.2 Å². The summed E-state index contributed by atoms with van der Waals surface area (Å²) in [6.07, 6.45) is 1.75. The van der Waals surface area contributed by atoms with Crippen LogP contribution in [0.5, 0.6) is 5.75 Å². The second kappa shape index (κ2) is 7.09. The molecule has 2 N–H and O–H groups in total. The number of quaternary nitrogens is 1. The van der Waals surface area contributed by atoms with E-state index in [0.717, 1.165) is 38.3 Å². The minimum absolute atomic E-state index is 0.277. The van der Waals surface area contributed by atoms with Gasteiger partial charge in [-0.05, 0) is 12.1 Å². The molecular formula is C18H22N3O+. The molecule has 1 saturated heterocycles. The molecule has 0 saturated carbocycles. The Morgan fingerprint density at radius 1 is 1.00 bits per heavy atom. The molecule has 4 heteroatoms. The average molecular weight is 296 g/mol. The smallest absolute Gasteiger partial charge is 0.124 e. The summed E-state index contributed by atoms with van der Waals surface area (Å²) in [4.78, 5) is 1.60. The summed E-state index contributed by atoms with van der Waals surface area (Å²) in [5.41, 5.74) is 2.16. The number of para-hydroxylation sites is 1. The number of hydrogen-bond donors (Lipinski definition) is 2. The monoisotopic (exact) mass is 296 g/mol. The zero-order valence-corrected chi connectivity index (χ0v) is 12.7. The first-order valence-corrected chi connectivity index (χ1v) is 7.76. The van der Waals surface area contributed by atoms with Crippen LogP contribution >= 0.6 is 0 Å². The van der Waals surface area contributed by atoms with E-state index in [2.05, 4.69) is 40.4 Å². The lowest BCUT2D eigenvalue weighted by molar-refractivity contribution is -0.918. The maximum atomic E-state index is 9.73. The van der Waals surface area contributed by atoms with Crippen molar-refractivity contribution in [2.45, 2.75) is 6.54 Å². The number of rotatable bonds is 4. The molecule has 22 heavy (non-hydrogen) atoms. The van der Waals surface area contributed by atoms with Crippen LogP contribution in [0.15, 0.2) is 59.7 Å². The molecule has 1 aliphatic heterocycles. The number of nitrogens with zero attached hydrogens (tertiary/aromatic N) is 2. The molecule has 1 fully saturated rings. The van der Waals surface area contributed by atoms with Gasteiger partial charge in [0.1, 0.15) is 12.3 Å². The highest BCUT2D eigenvalue weighted by Crippen LogP contribution is 2.12. The first kappa shape index (κ1) is 14.6. The fraction of sp³-hybridized carbons (Fsp3) is 0.278. The van der Waals surface area contributed by atoms with Crippen molar-refractivity contribution in [2.24, 2.45) is 5.10 Å². The van der Waals surface area contributed by atoms with Crippen molar-refractivity contribution in [3.63, 3.8) is 0 Å². The molecule has 0 unspecified atom stereocenters. The quantitative estimate of drug-likeness (QED) is 0.830. The van der Waals surface area contributed by atoms with Gasteiger partial charge in [0.15, 0.2) is 0 Å². The zero-order chi connectivity index (χ0) is 15.2. The lowest BCUT2D eigenvalue weighted by Crippen LogP contribution is -3.13. The second-order valence-electron chi connectivity index (χ2n) is 5.67. The van der Waals surface area contributed by atoms with Crippen LogP contribution in [0.25, 0.3) is 0 Å². The Labute approximate surface area is 131 Å². The van der Waals surface area contributed by atoms with Gasteiger partial charge in [-0.2, -0.15) is 5.10 Å². The molecule has 0 spiro atoms. The summed E-state index contributed by atoms with van der Waals surface area (Å²) < 4.78 is 0. The van der Waals surface area contributed by atoms with Gasteiger partial charge in [0.25, 0.3) is 0 Å². The van der Waals surface area contributed by atoms with Crippen LogP contribution < -0.4 is 4.90 Å². The first-order chi connectivity index (χ1) is 10.8. The largest absolute Gasteiger partial charge is 0.507 e. The number of hydrazone groups is 1. The highest BCUT2D eigenvalue weighted by molar-refractivity contribution is 5.82. The van der Waals surface area contributed by atoms with E-state index in [1.807, 2.05) is 18.2 Å². The van der Waals surface area contributed by atoms with Crippen LogP contribution in [0, 0.1) is 0 Å². The number of nitrogens with one attached hydrogen (secondary N) is 1. The fourth-order valence-corrected chi connectivity index (χ4v) is 2.73. The number of piperazine rings is 1. The van der Waals surface area contributed by atoms with E-state index >= 15 is 0 Å². The first-order valence-electron chi connectivity index (χ1n) is 7.76. The minimum Gasteiger partial charge on any atom is -0.507 e. The van der Waals surface area contributed by atoms with Crippen LogP contribution in [0.4, 0.5) is 0 Å². The van der Waals surface area contributed by atoms with E-state index in [1.54, 1.807) is 17.2 Å². The molecule has 0 aromatic heterocycles. The molecule has 1 aliphatic rings. The predicted octanol–water partition coefficient (Wildman–Crippen LogP) is 1.13. The molecule has 4 nitrogen and oxygen atoms in total. The van der Waals surface area contributed by atoms with Crippen LogP contribution in [-0.2, 0) is 6.54 Å². The van der Waals surface area contributed by atoms with E-state index in [0.29, 0.717) is 0 Å². The third-order valence-electron chi connectivity index (χ3n) is 4.04. The van der Waals surface area contributed by atoms with Crippen molar-refractivity contribution in [1.82, 2.24) is 5.01 Å². The molecule has 1 heterocycles. The third-order valence-corrected chi connectivity index (χ3v) is 4.04. The topological polar surface area (TPSA) is 40.3 Å². The lowest BCUT2D eigenvalue weighted by atomic mass is 10.2. The summed E-state index contributed by atoms with van der Waals surface area (Å²) in [5.74, 6) is 0.277. The fourth-order valence-electron chi connectivity index (χ4n) is 2.73. The average Bonchev–Trinajstić information content (AvgIpc) is 2.56. The lowest BCUT2D eigenvalue weighted by Gasteiger charge is -2.30. The molecule has 0 bridgehead atoms. The molecule has 2 aromatic rings. The summed E-state index contributed by atoms with van der Waals surface area (Å²) in [7, 11) is 0. The van der Waals surface area contributed by atoms with Crippen molar-refractivity contribution < 1.29 is 10.0 Å². The number of phenols is 1. The number of phenolic OH excluding ortho intramolecular Hbond substituents is 1. The molecule has 0 atom stereocenters. The number of benzene rings is 2. The van der Waals surface area contributed by atoms with Crippen LogP contribution in [0.2, 0.25) is 0 Å². The Bertz CT molecular complexity index is 619. The van der Waals surface area contributed by atoms with E-state index in [-0.39, 0.29) is 5.75 Å². The highest BCUT2D eigenvalue weighted by atomic mass is 16.3. The zero-order valence-electron chi connectivity index (χ0n) is 12.7. The van der Waals surface area contributed by atoms with Crippen molar-refractivity contribution >= 4 is 6.21 Å². The highest BCUT2D eigenvalue weighted by Gasteiger charge is 2.18. The van der Waals surface area contributed by atoms with Gasteiger partial charge < -0.3 is 10.0 Å². The predicted molar refractivity (Wildman–Crippen MR) is 88.1 cm³/mol. The van der Waals surface area contributed by atoms with E-state index < -0.39 is 0 Å². The van der Waals surface area contributed by atoms with Gasteiger partial charge in [0, 0.05) is 11.1 Å². The third kappa shape index (κ3) is 3.86. The minimum atomic E-state index is 0.277. The van der Waals surface area contributed by atoms with Crippen molar-refractivity contribution in [1.29, 1.82) is 0 Å². The Kier molecular flexibility index (Phi) is 4.71. The molecule has 0 aliphatic carbocycles. The van der Waals surface area contributed by atoms with Gasteiger partial charge in [-0.15, -0.1) is 0 Å². The maximum absolute atomic E-state index is 9.73. The summed E-state index contributed by atoms with van der Waals surface area (Å²) in [6, 6.07) is 17.9. The van der Waals surface area contributed by atoms with Crippen LogP contribution in [0.3, 0.4) is 0 Å². The molecule has 3 rings (SSSR count). The Morgan fingerprint density at radius 2 is 1.68 bits per heavy atom. The van der Waals surface area contributed by atoms with Crippen LogP contribution in [0.1, 0.15) is 11.1 Å². The van der Waals surface area contributed by atoms with E-state index in [9.17, 15) is 5.11 Å². The Morgan fingerprint density at radius 3 is 2.41 bits per heavy atom. The molecule has 114 valence electrons. The van der Waals surface area contributed by atoms with Gasteiger partial charge in [-0.3, -0.25) is 5.01 Å². The molecule has 2 aromatic carbocycles. The summed E-state index contributed by atoms with van der Waals surface area (Å²) in [5, 5.41) is 16.3. The second-order valence-corrected chi connectivity index (χ2v) is 5.67. The van der Waals surface area contributed by atoms with Gasteiger partial charge >= 0.3 is 0 Å². The SMILES string of the molecule is Oc1ccccc1/C=N/N1CC[NH+](Cc2ccccc2)CC1. The Hall–Kier alpha value is -2.33.